The Morgan fingerprint density at radius 3 is 2.13 bits per heavy atom. The van der Waals surface area contributed by atoms with Crippen molar-refractivity contribution in [3.63, 3.8) is 0 Å². The number of ether oxygens (including phenoxy) is 1. The Kier molecular flexibility index (Phi) is 4.39. The van der Waals surface area contributed by atoms with Crippen LogP contribution in [0.25, 0.3) is 0 Å². The van der Waals surface area contributed by atoms with Crippen molar-refractivity contribution >= 4 is 11.5 Å². The smallest absolute Gasteiger partial charge is 0.406 e. The van der Waals surface area contributed by atoms with Crippen LogP contribution < -0.4 is 10.1 Å². The first-order chi connectivity index (χ1) is 10.5. The van der Waals surface area contributed by atoms with Crippen LogP contribution in [0.5, 0.6) is 5.75 Å². The molecular formula is C14H12F5N3O. The van der Waals surface area contributed by atoms with Crippen LogP contribution in [0.15, 0.2) is 30.3 Å². The predicted octanol–water partition coefficient (Wildman–Crippen LogP) is 4.54. The molecule has 0 aliphatic heterocycles. The molecule has 0 unspecified atom stereocenters. The summed E-state index contributed by atoms with van der Waals surface area (Å²) in [4.78, 5) is 7.61. The minimum atomic E-state index is -4.78. The summed E-state index contributed by atoms with van der Waals surface area (Å²) >= 11 is 0. The van der Waals surface area contributed by atoms with Crippen molar-refractivity contribution in [2.45, 2.75) is 26.1 Å². The lowest BCUT2D eigenvalue weighted by Gasteiger charge is -2.13. The van der Waals surface area contributed by atoms with Crippen LogP contribution in [0.4, 0.5) is 33.5 Å². The molecule has 0 saturated carbocycles. The Morgan fingerprint density at radius 1 is 1.00 bits per heavy atom. The maximum atomic E-state index is 13.3. The van der Waals surface area contributed by atoms with Gasteiger partial charge >= 0.3 is 6.36 Å². The van der Waals surface area contributed by atoms with E-state index in [9.17, 15) is 22.0 Å². The molecule has 1 aromatic heterocycles. The molecule has 1 aromatic carbocycles. The van der Waals surface area contributed by atoms with Gasteiger partial charge in [0.15, 0.2) is 0 Å². The zero-order chi connectivity index (χ0) is 17.3. The van der Waals surface area contributed by atoms with E-state index in [0.717, 1.165) is 18.2 Å². The number of rotatable bonds is 4. The average Bonchev–Trinajstić information content (AvgIpc) is 2.38. The lowest BCUT2D eigenvalue weighted by atomic mass is 10.2. The molecule has 0 radical (unpaired) electrons. The Hall–Kier alpha value is -2.45. The number of nitrogens with zero attached hydrogens (tertiary/aromatic N) is 2. The molecule has 0 fully saturated rings. The number of hydrogen-bond acceptors (Lipinski definition) is 4. The van der Waals surface area contributed by atoms with Crippen LogP contribution in [-0.4, -0.2) is 16.3 Å². The molecule has 0 saturated heterocycles. The molecule has 0 amide bonds. The lowest BCUT2D eigenvalue weighted by molar-refractivity contribution is -0.274. The van der Waals surface area contributed by atoms with Crippen molar-refractivity contribution in [3.8, 4) is 5.75 Å². The first-order valence-electron chi connectivity index (χ1n) is 6.40. The predicted molar refractivity (Wildman–Crippen MR) is 72.7 cm³/mol. The van der Waals surface area contributed by atoms with Gasteiger partial charge in [-0.3, -0.25) is 0 Å². The van der Waals surface area contributed by atoms with Crippen molar-refractivity contribution < 1.29 is 26.7 Å². The van der Waals surface area contributed by atoms with Gasteiger partial charge in [-0.1, -0.05) is 0 Å². The molecule has 2 rings (SSSR count). The highest BCUT2D eigenvalue weighted by Crippen LogP contribution is 2.28. The van der Waals surface area contributed by atoms with Crippen molar-refractivity contribution in [1.82, 2.24) is 9.97 Å². The Balaban J connectivity index is 2.18. The second kappa shape index (κ2) is 5.98. The van der Waals surface area contributed by atoms with Gasteiger partial charge in [0.1, 0.15) is 23.1 Å². The van der Waals surface area contributed by atoms with Crippen LogP contribution in [-0.2, 0) is 5.92 Å². The highest BCUT2D eigenvalue weighted by molar-refractivity contribution is 5.57. The summed E-state index contributed by atoms with van der Waals surface area (Å²) in [5.41, 5.74) is -0.0903. The molecule has 0 bridgehead atoms. The van der Waals surface area contributed by atoms with E-state index in [-0.39, 0.29) is 17.4 Å². The number of hydrogen-bond donors (Lipinski definition) is 1. The van der Waals surface area contributed by atoms with E-state index >= 15 is 0 Å². The molecular weight excluding hydrogens is 321 g/mol. The molecule has 9 heteroatoms. The fourth-order valence-electron chi connectivity index (χ4n) is 1.74. The number of benzene rings is 1. The average molecular weight is 333 g/mol. The van der Waals surface area contributed by atoms with Crippen LogP contribution >= 0.6 is 0 Å². The lowest BCUT2D eigenvalue weighted by Crippen LogP contribution is -2.17. The van der Waals surface area contributed by atoms with Crippen molar-refractivity contribution in [3.05, 3.63) is 41.9 Å². The van der Waals surface area contributed by atoms with Crippen molar-refractivity contribution in [1.29, 1.82) is 0 Å². The molecule has 0 aliphatic rings. The monoisotopic (exact) mass is 333 g/mol. The van der Waals surface area contributed by atoms with Crippen LogP contribution in [0.1, 0.15) is 18.4 Å². The van der Waals surface area contributed by atoms with E-state index in [1.165, 1.54) is 19.1 Å². The SMILES string of the molecule is Cc1nc(Nc2ccc(OC(F)(F)F)cc2)cc(C(C)(F)F)n1. The third-order valence-electron chi connectivity index (χ3n) is 2.65. The normalized spacial score (nSPS) is 12.1. The summed E-state index contributed by atoms with van der Waals surface area (Å²) in [6.07, 6.45) is -4.78. The highest BCUT2D eigenvalue weighted by Gasteiger charge is 2.31. The second-order valence-corrected chi connectivity index (χ2v) is 4.77. The second-order valence-electron chi connectivity index (χ2n) is 4.77. The van der Waals surface area contributed by atoms with E-state index in [1.807, 2.05) is 0 Å². The molecule has 23 heavy (non-hydrogen) atoms. The van der Waals surface area contributed by atoms with Crippen LogP contribution in [0, 0.1) is 6.92 Å². The van der Waals surface area contributed by atoms with Gasteiger partial charge in [-0.15, -0.1) is 13.2 Å². The third-order valence-corrected chi connectivity index (χ3v) is 2.65. The summed E-state index contributed by atoms with van der Waals surface area (Å²) in [7, 11) is 0. The fraction of sp³-hybridized carbons (Fsp3) is 0.286. The third kappa shape index (κ3) is 5.04. The van der Waals surface area contributed by atoms with Gasteiger partial charge in [0.05, 0.1) is 0 Å². The molecule has 4 nitrogen and oxygen atoms in total. The van der Waals surface area contributed by atoms with Gasteiger partial charge < -0.3 is 10.1 Å². The number of halogens is 5. The van der Waals surface area contributed by atoms with Gasteiger partial charge in [0.25, 0.3) is 5.92 Å². The summed E-state index contributed by atoms with van der Waals surface area (Å²) in [5, 5.41) is 2.73. The molecule has 1 N–H and O–H groups in total. The van der Waals surface area contributed by atoms with E-state index in [4.69, 9.17) is 0 Å². The van der Waals surface area contributed by atoms with Crippen molar-refractivity contribution in [2.75, 3.05) is 5.32 Å². The number of aryl methyl sites for hydroxylation is 1. The van der Waals surface area contributed by atoms with E-state index < -0.39 is 18.0 Å². The number of aromatic nitrogens is 2. The van der Waals surface area contributed by atoms with E-state index in [0.29, 0.717) is 12.6 Å². The molecule has 0 aliphatic carbocycles. The van der Waals surface area contributed by atoms with Gasteiger partial charge in [0, 0.05) is 18.7 Å². The van der Waals surface area contributed by atoms with Crippen molar-refractivity contribution in [2.24, 2.45) is 0 Å². The van der Waals surface area contributed by atoms with Gasteiger partial charge in [-0.05, 0) is 31.2 Å². The van der Waals surface area contributed by atoms with E-state index in [2.05, 4.69) is 20.0 Å². The topological polar surface area (TPSA) is 47.0 Å². The maximum absolute atomic E-state index is 13.3. The fourth-order valence-corrected chi connectivity index (χ4v) is 1.74. The number of alkyl halides is 5. The summed E-state index contributed by atoms with van der Waals surface area (Å²) in [6, 6.07) is 5.89. The molecule has 1 heterocycles. The maximum Gasteiger partial charge on any atom is 0.573 e. The summed E-state index contributed by atoms with van der Waals surface area (Å²) in [6.45, 7) is 2.17. The largest absolute Gasteiger partial charge is 0.573 e. The highest BCUT2D eigenvalue weighted by atomic mass is 19.4. The molecule has 2 aromatic rings. The quantitative estimate of drug-likeness (QED) is 0.835. The van der Waals surface area contributed by atoms with Crippen LogP contribution in [0.2, 0.25) is 0 Å². The zero-order valence-corrected chi connectivity index (χ0v) is 12.1. The molecule has 0 spiro atoms. The zero-order valence-electron chi connectivity index (χ0n) is 12.1. The minimum Gasteiger partial charge on any atom is -0.406 e. The standard InChI is InChI=1S/C14H12F5N3O/c1-8-20-11(13(2,15)16)7-12(21-8)22-9-3-5-10(6-4-9)23-14(17,18)19/h3-7H,1-2H3,(H,20,21,22). The Labute approximate surface area is 128 Å². The first kappa shape index (κ1) is 16.9. The van der Waals surface area contributed by atoms with Crippen LogP contribution in [0.3, 0.4) is 0 Å². The first-order valence-corrected chi connectivity index (χ1v) is 6.40. The molecule has 0 atom stereocenters. The summed E-state index contributed by atoms with van der Waals surface area (Å²) < 4.78 is 66.6. The van der Waals surface area contributed by atoms with Gasteiger partial charge in [-0.25, -0.2) is 9.97 Å². The molecule has 124 valence electrons. The number of nitrogens with one attached hydrogen (secondary N) is 1. The minimum absolute atomic E-state index is 0.110. The Bertz CT molecular complexity index is 680. The van der Waals surface area contributed by atoms with Gasteiger partial charge in [0.2, 0.25) is 0 Å². The summed E-state index contributed by atoms with van der Waals surface area (Å²) in [5.74, 6) is -3.26. The Morgan fingerprint density at radius 2 is 1.61 bits per heavy atom. The van der Waals surface area contributed by atoms with Gasteiger partial charge in [-0.2, -0.15) is 8.78 Å². The van der Waals surface area contributed by atoms with E-state index in [1.54, 1.807) is 0 Å². The number of anilines is 2.